The van der Waals surface area contributed by atoms with Gasteiger partial charge in [-0.25, -0.2) is 4.98 Å². The minimum atomic E-state index is -1.06. The van der Waals surface area contributed by atoms with E-state index in [0.29, 0.717) is 23.7 Å². The van der Waals surface area contributed by atoms with E-state index in [1.54, 1.807) is 0 Å². The first-order valence-corrected chi connectivity index (χ1v) is 12.2. The van der Waals surface area contributed by atoms with Crippen molar-refractivity contribution < 1.29 is 9.66 Å². The average Bonchev–Trinajstić information content (AvgIpc) is 3.07. The Hall–Kier alpha value is -2.03. The highest BCUT2D eigenvalue weighted by atomic mass is 32.2. The van der Waals surface area contributed by atoms with Crippen molar-refractivity contribution >= 4 is 28.6 Å². The topological polar surface area (TPSA) is 87.6 Å². The van der Waals surface area contributed by atoms with Crippen LogP contribution in [-0.2, 0) is 17.6 Å². The van der Waals surface area contributed by atoms with Crippen LogP contribution in [0.25, 0.3) is 0 Å². The van der Waals surface area contributed by atoms with E-state index in [2.05, 4.69) is 46.3 Å². The van der Waals surface area contributed by atoms with Gasteiger partial charge in [0, 0.05) is 31.2 Å². The summed E-state index contributed by atoms with van der Waals surface area (Å²) in [5.41, 5.74) is 3.20. The number of hydrogen-bond donors (Lipinski definition) is 2. The second-order valence-electron chi connectivity index (χ2n) is 9.20. The molecule has 3 unspecified atom stereocenters. The zero-order valence-corrected chi connectivity index (χ0v) is 18.0. The van der Waals surface area contributed by atoms with E-state index in [1.165, 1.54) is 11.3 Å². The molecule has 1 aromatic carbocycles. The van der Waals surface area contributed by atoms with Crippen molar-refractivity contribution in [3.05, 3.63) is 35.5 Å². The number of aliphatic hydroxyl groups is 1. The molecule has 0 amide bonds. The monoisotopic (exact) mass is 425 g/mol. The number of piperazine rings is 1. The molecule has 3 atom stereocenters. The van der Waals surface area contributed by atoms with Crippen LogP contribution >= 0.6 is 0 Å². The zero-order chi connectivity index (χ0) is 20.5. The normalized spacial score (nSPS) is 28.2. The molecule has 8 heteroatoms. The molecular weight excluding hydrogens is 398 g/mol. The Balaban J connectivity index is 1.28. The summed E-state index contributed by atoms with van der Waals surface area (Å²) >= 11 is -1.06. The van der Waals surface area contributed by atoms with Crippen molar-refractivity contribution in [2.24, 2.45) is 0 Å². The smallest absolute Gasteiger partial charge is 0.228 e. The van der Waals surface area contributed by atoms with Gasteiger partial charge in [0.2, 0.25) is 10.8 Å². The Morgan fingerprint density at radius 2 is 2.03 bits per heavy atom. The lowest BCUT2D eigenvalue weighted by Gasteiger charge is -2.36. The van der Waals surface area contributed by atoms with Crippen LogP contribution in [0.15, 0.2) is 29.2 Å². The molecule has 3 aliphatic heterocycles. The maximum atomic E-state index is 12.6. The maximum absolute atomic E-state index is 12.6. The Labute approximate surface area is 179 Å². The van der Waals surface area contributed by atoms with E-state index in [9.17, 15) is 9.66 Å². The minimum absolute atomic E-state index is 0.0770. The second-order valence-corrected chi connectivity index (χ2v) is 10.7. The lowest BCUT2D eigenvalue weighted by molar-refractivity contribution is 0.265. The van der Waals surface area contributed by atoms with Gasteiger partial charge in [-0.2, -0.15) is 4.98 Å². The van der Waals surface area contributed by atoms with Gasteiger partial charge in [-0.15, -0.1) is 0 Å². The van der Waals surface area contributed by atoms with Crippen molar-refractivity contribution in [2.75, 3.05) is 40.6 Å². The molecule has 158 valence electrons. The predicted molar refractivity (Wildman–Crippen MR) is 118 cm³/mol. The van der Waals surface area contributed by atoms with Crippen molar-refractivity contribution in [1.82, 2.24) is 9.97 Å². The summed E-state index contributed by atoms with van der Waals surface area (Å²) in [6, 6.07) is 9.58. The molecule has 2 N–H and O–H groups in total. The molecule has 1 aliphatic carbocycles. The van der Waals surface area contributed by atoms with E-state index >= 15 is 0 Å². The Morgan fingerprint density at radius 3 is 2.73 bits per heavy atom. The molecule has 2 bridgehead atoms. The van der Waals surface area contributed by atoms with Crippen LogP contribution in [-0.4, -0.2) is 62.7 Å². The molecule has 2 saturated heterocycles. The van der Waals surface area contributed by atoms with Crippen LogP contribution in [0.1, 0.15) is 30.5 Å². The number of nitrogens with zero attached hydrogens (tertiary/aromatic N) is 4. The first-order valence-electron chi connectivity index (χ1n) is 10.8. The van der Waals surface area contributed by atoms with E-state index in [0.717, 1.165) is 55.3 Å². The van der Waals surface area contributed by atoms with Crippen LogP contribution in [0.2, 0.25) is 0 Å². The van der Waals surface area contributed by atoms with Crippen molar-refractivity contribution in [2.45, 2.75) is 55.1 Å². The Kier molecular flexibility index (Phi) is 4.20. The number of hydrogen-bond acceptors (Lipinski definition) is 7. The molecule has 7 nitrogen and oxygen atoms in total. The molecule has 2 aromatic rings. The molecule has 3 fully saturated rings. The molecule has 1 saturated carbocycles. The Morgan fingerprint density at radius 1 is 1.23 bits per heavy atom. The third-order valence-corrected chi connectivity index (χ3v) is 8.51. The van der Waals surface area contributed by atoms with Crippen molar-refractivity contribution in [1.29, 1.82) is 0 Å². The molecule has 4 heterocycles. The fourth-order valence-electron chi connectivity index (χ4n) is 5.16. The van der Waals surface area contributed by atoms with Gasteiger partial charge in [0.15, 0.2) is 5.82 Å². The lowest BCUT2D eigenvalue weighted by atomic mass is 10.2. The number of aliphatic hydroxyl groups excluding tert-OH is 1. The minimum Gasteiger partial charge on any atom is -0.611 e. The number of nitrogens with one attached hydrogen (secondary N) is 1. The van der Waals surface area contributed by atoms with E-state index in [4.69, 9.17) is 9.97 Å². The van der Waals surface area contributed by atoms with Crippen molar-refractivity contribution in [3.8, 4) is 0 Å². The van der Waals surface area contributed by atoms with Gasteiger partial charge < -0.3 is 24.8 Å². The second kappa shape index (κ2) is 6.73. The molecule has 4 aliphatic rings. The Bertz CT molecular complexity index is 997. The van der Waals surface area contributed by atoms with Crippen LogP contribution in [0.3, 0.4) is 0 Å². The average molecular weight is 426 g/mol. The number of rotatable bonds is 5. The number of aromatic nitrogens is 2. The fourth-order valence-corrected chi connectivity index (χ4v) is 6.46. The van der Waals surface area contributed by atoms with Gasteiger partial charge in [-0.1, -0.05) is 12.1 Å². The summed E-state index contributed by atoms with van der Waals surface area (Å²) in [5, 5.41) is 13.2. The summed E-state index contributed by atoms with van der Waals surface area (Å²) in [6.45, 7) is 4.10. The molecular formula is C22H27N5O2S. The predicted octanol–water partition coefficient (Wildman–Crippen LogP) is 1.85. The zero-order valence-electron chi connectivity index (χ0n) is 17.2. The standard InChI is InChI=1S/C22H27N5O2S/c1-14-3-2-4-15(9-14)26-11-17-10-16(26)12-27(17)21-23-18-5-8-30(29)19(18)20(24-21)25-22(13-28)6-7-22/h2-4,9,16-17,28H,5-8,10-13H2,1H3,(H,23,24,25). The lowest BCUT2D eigenvalue weighted by Crippen LogP contribution is -2.47. The van der Waals surface area contributed by atoms with Crippen molar-refractivity contribution in [3.63, 3.8) is 0 Å². The number of benzene rings is 1. The molecule has 0 radical (unpaired) electrons. The van der Waals surface area contributed by atoms with Gasteiger partial charge in [0.25, 0.3) is 0 Å². The van der Waals surface area contributed by atoms with Crippen LogP contribution < -0.4 is 15.1 Å². The van der Waals surface area contributed by atoms with Crippen LogP contribution in [0, 0.1) is 6.92 Å². The van der Waals surface area contributed by atoms with E-state index in [1.807, 2.05) is 0 Å². The maximum Gasteiger partial charge on any atom is 0.228 e. The SMILES string of the molecule is Cc1cccc(N2CC3CC2CN3c2nc3c(c(NC4(CO)CC4)n2)[S+]([O-])CC3)c1. The largest absolute Gasteiger partial charge is 0.611 e. The van der Waals surface area contributed by atoms with Crippen LogP contribution in [0.5, 0.6) is 0 Å². The highest BCUT2D eigenvalue weighted by Gasteiger charge is 2.47. The first-order chi connectivity index (χ1) is 14.5. The number of anilines is 3. The first kappa shape index (κ1) is 18.7. The quantitative estimate of drug-likeness (QED) is 0.707. The van der Waals surface area contributed by atoms with Gasteiger partial charge in [-0.3, -0.25) is 0 Å². The van der Waals surface area contributed by atoms with Gasteiger partial charge in [0.1, 0.15) is 11.4 Å². The molecule has 1 aromatic heterocycles. The summed E-state index contributed by atoms with van der Waals surface area (Å²) in [6.07, 6.45) is 3.69. The number of fused-ring (bicyclic) bond motifs is 3. The highest BCUT2D eigenvalue weighted by molar-refractivity contribution is 7.91. The molecule has 30 heavy (non-hydrogen) atoms. The highest BCUT2D eigenvalue weighted by Crippen LogP contribution is 2.43. The van der Waals surface area contributed by atoms with E-state index < -0.39 is 11.2 Å². The molecule has 6 rings (SSSR count). The van der Waals surface area contributed by atoms with Gasteiger partial charge in [-0.05, 0) is 55.1 Å². The number of aryl methyl sites for hydroxylation is 2. The van der Waals surface area contributed by atoms with Gasteiger partial charge >= 0.3 is 0 Å². The third-order valence-electron chi connectivity index (χ3n) is 7.05. The summed E-state index contributed by atoms with van der Waals surface area (Å²) in [7, 11) is 0. The summed E-state index contributed by atoms with van der Waals surface area (Å²) < 4.78 is 12.6. The van der Waals surface area contributed by atoms with Gasteiger partial charge in [0.05, 0.1) is 18.2 Å². The van der Waals surface area contributed by atoms with Crippen LogP contribution in [0.4, 0.5) is 17.5 Å². The third kappa shape index (κ3) is 2.96. The fraction of sp³-hybridized carbons (Fsp3) is 0.545. The molecule has 0 spiro atoms. The summed E-state index contributed by atoms with van der Waals surface area (Å²) in [4.78, 5) is 15.3. The van der Waals surface area contributed by atoms with E-state index in [-0.39, 0.29) is 12.1 Å². The summed E-state index contributed by atoms with van der Waals surface area (Å²) in [5.74, 6) is 2.04.